The highest BCUT2D eigenvalue weighted by Gasteiger charge is 2.39. The molecule has 1 saturated heterocycles. The van der Waals surface area contributed by atoms with Gasteiger partial charge in [-0.1, -0.05) is 41.9 Å². The van der Waals surface area contributed by atoms with E-state index in [2.05, 4.69) is 0 Å². The first-order valence-corrected chi connectivity index (χ1v) is 11.3. The van der Waals surface area contributed by atoms with E-state index in [1.54, 1.807) is 53.4 Å². The molecule has 0 N–H and O–H groups in total. The van der Waals surface area contributed by atoms with Crippen LogP contribution in [0.2, 0.25) is 5.02 Å². The molecule has 34 heavy (non-hydrogen) atoms. The number of benzene rings is 3. The molecule has 3 amide bonds. The molecule has 172 valence electrons. The summed E-state index contributed by atoms with van der Waals surface area (Å²) < 4.78 is 13.6. The third-order valence-electron chi connectivity index (χ3n) is 6.22. The predicted molar refractivity (Wildman–Crippen MR) is 127 cm³/mol. The fraction of sp³-hybridized carbons (Fsp3) is 0.192. The molecule has 0 unspecified atom stereocenters. The van der Waals surface area contributed by atoms with Gasteiger partial charge in [0.15, 0.2) is 0 Å². The molecule has 0 atom stereocenters. The van der Waals surface area contributed by atoms with Crippen LogP contribution < -0.4 is 4.90 Å². The summed E-state index contributed by atoms with van der Waals surface area (Å²) in [6.07, 6.45) is 0. The van der Waals surface area contributed by atoms with E-state index < -0.39 is 17.6 Å². The lowest BCUT2D eigenvalue weighted by Gasteiger charge is -2.36. The van der Waals surface area contributed by atoms with Gasteiger partial charge in [-0.3, -0.25) is 19.3 Å². The summed E-state index contributed by atoms with van der Waals surface area (Å²) in [4.78, 5) is 44.0. The van der Waals surface area contributed by atoms with Gasteiger partial charge in [-0.15, -0.1) is 0 Å². The number of halogens is 2. The van der Waals surface area contributed by atoms with Crippen molar-refractivity contribution in [2.45, 2.75) is 6.54 Å². The Morgan fingerprint density at radius 1 is 0.882 bits per heavy atom. The second kappa shape index (κ2) is 8.91. The number of anilines is 1. The van der Waals surface area contributed by atoms with Crippen molar-refractivity contribution in [1.29, 1.82) is 0 Å². The Labute approximate surface area is 201 Å². The first-order valence-electron chi connectivity index (χ1n) is 11.0. The van der Waals surface area contributed by atoms with Crippen molar-refractivity contribution in [3.63, 3.8) is 0 Å². The fourth-order valence-corrected chi connectivity index (χ4v) is 4.71. The quantitative estimate of drug-likeness (QED) is 0.527. The number of nitrogens with zero attached hydrogens (tertiary/aromatic N) is 3. The zero-order chi connectivity index (χ0) is 23.8. The molecule has 2 heterocycles. The van der Waals surface area contributed by atoms with Crippen LogP contribution in [0.3, 0.4) is 0 Å². The van der Waals surface area contributed by atoms with Crippen molar-refractivity contribution < 1.29 is 18.8 Å². The molecule has 0 radical (unpaired) electrons. The minimum atomic E-state index is -0.418. The first kappa shape index (κ1) is 22.1. The normalized spacial score (nSPS) is 15.6. The summed E-state index contributed by atoms with van der Waals surface area (Å²) in [5.41, 5.74) is 2.38. The van der Waals surface area contributed by atoms with Crippen molar-refractivity contribution in [1.82, 2.24) is 9.80 Å². The van der Waals surface area contributed by atoms with Gasteiger partial charge >= 0.3 is 0 Å². The minimum absolute atomic E-state index is 0.00363. The number of amides is 3. The fourth-order valence-electron chi connectivity index (χ4n) is 4.50. The second-order valence-electron chi connectivity index (χ2n) is 8.29. The average Bonchev–Trinajstić information content (AvgIpc) is 3.09. The number of carbonyl (C=O) groups excluding carboxylic acids is 3. The molecule has 2 aliphatic rings. The van der Waals surface area contributed by atoms with E-state index in [-0.39, 0.29) is 12.5 Å². The van der Waals surface area contributed by atoms with E-state index in [1.165, 1.54) is 12.1 Å². The number of rotatable bonds is 4. The van der Waals surface area contributed by atoms with Gasteiger partial charge in [0.1, 0.15) is 5.82 Å². The highest BCUT2D eigenvalue weighted by atomic mass is 35.5. The zero-order valence-electron chi connectivity index (χ0n) is 18.2. The molecule has 3 aromatic rings. The van der Waals surface area contributed by atoms with Crippen LogP contribution in [0, 0.1) is 5.82 Å². The van der Waals surface area contributed by atoms with E-state index in [0.29, 0.717) is 59.1 Å². The zero-order valence-corrected chi connectivity index (χ0v) is 19.0. The lowest BCUT2D eigenvalue weighted by molar-refractivity contribution is 0.0640. The van der Waals surface area contributed by atoms with E-state index in [9.17, 15) is 18.8 Å². The Balaban J connectivity index is 1.34. The first-order chi connectivity index (χ1) is 16.4. The third-order valence-corrected chi connectivity index (χ3v) is 6.55. The number of carbonyl (C=O) groups is 3. The molecule has 0 bridgehead atoms. The Morgan fingerprint density at radius 2 is 1.62 bits per heavy atom. The largest absolute Gasteiger partial charge is 0.367 e. The van der Waals surface area contributed by atoms with Crippen LogP contribution in [0.25, 0.3) is 0 Å². The third kappa shape index (κ3) is 3.92. The van der Waals surface area contributed by atoms with Crippen LogP contribution in [-0.4, -0.2) is 53.7 Å². The van der Waals surface area contributed by atoms with Gasteiger partial charge < -0.3 is 9.80 Å². The Kier molecular flexibility index (Phi) is 5.79. The van der Waals surface area contributed by atoms with E-state index in [0.717, 1.165) is 4.90 Å². The highest BCUT2D eigenvalue weighted by molar-refractivity contribution is 6.33. The molecule has 5 rings (SSSR count). The maximum Gasteiger partial charge on any atom is 0.263 e. The summed E-state index contributed by atoms with van der Waals surface area (Å²) in [5, 5.41) is 0.415. The van der Waals surface area contributed by atoms with E-state index >= 15 is 0 Å². The van der Waals surface area contributed by atoms with Crippen LogP contribution >= 0.6 is 11.6 Å². The van der Waals surface area contributed by atoms with Crippen LogP contribution in [-0.2, 0) is 6.54 Å². The monoisotopic (exact) mass is 477 g/mol. The molecular weight excluding hydrogens is 457 g/mol. The maximum absolute atomic E-state index is 13.6. The van der Waals surface area contributed by atoms with Gasteiger partial charge in [-0.2, -0.15) is 0 Å². The summed E-state index contributed by atoms with van der Waals surface area (Å²) in [6.45, 7) is 1.95. The van der Waals surface area contributed by atoms with Crippen LogP contribution in [0.5, 0.6) is 0 Å². The average molecular weight is 478 g/mol. The molecule has 0 spiro atoms. The van der Waals surface area contributed by atoms with Crippen molar-refractivity contribution >= 4 is 35.0 Å². The van der Waals surface area contributed by atoms with Gasteiger partial charge in [0.25, 0.3) is 17.7 Å². The summed E-state index contributed by atoms with van der Waals surface area (Å²) in [7, 11) is 0. The minimum Gasteiger partial charge on any atom is -0.367 e. The van der Waals surface area contributed by atoms with Crippen molar-refractivity contribution in [2.24, 2.45) is 0 Å². The molecule has 0 saturated carbocycles. The lowest BCUT2D eigenvalue weighted by atomic mass is 10.1. The molecule has 3 aromatic carbocycles. The van der Waals surface area contributed by atoms with Gasteiger partial charge in [0.2, 0.25) is 0 Å². The van der Waals surface area contributed by atoms with Gasteiger partial charge in [0.05, 0.1) is 33.9 Å². The van der Waals surface area contributed by atoms with E-state index in [1.807, 2.05) is 11.0 Å². The van der Waals surface area contributed by atoms with Gasteiger partial charge in [-0.05, 0) is 42.0 Å². The molecule has 0 aromatic heterocycles. The smallest absolute Gasteiger partial charge is 0.263 e. The van der Waals surface area contributed by atoms with Crippen molar-refractivity contribution in [2.75, 3.05) is 31.1 Å². The summed E-state index contributed by atoms with van der Waals surface area (Å²) in [6, 6.07) is 18.1. The van der Waals surface area contributed by atoms with Crippen LogP contribution in [0.15, 0.2) is 66.7 Å². The Morgan fingerprint density at radius 3 is 2.35 bits per heavy atom. The summed E-state index contributed by atoms with van der Waals surface area (Å²) in [5.74, 6) is -1.33. The number of hydrogen-bond donors (Lipinski definition) is 0. The lowest BCUT2D eigenvalue weighted by Crippen LogP contribution is -2.49. The molecule has 6 nitrogen and oxygen atoms in total. The number of imide groups is 1. The number of piperazine rings is 1. The van der Waals surface area contributed by atoms with Gasteiger partial charge in [0, 0.05) is 26.2 Å². The van der Waals surface area contributed by atoms with Gasteiger partial charge in [-0.25, -0.2) is 4.39 Å². The topological polar surface area (TPSA) is 60.9 Å². The predicted octanol–water partition coefficient (Wildman–Crippen LogP) is 4.24. The SMILES string of the molecule is O=C(c1ccccc1Cl)N1CCN(c2cccc3c2C(=O)N(Cc2cccc(F)c2)C3=O)CC1. The number of hydrogen-bond acceptors (Lipinski definition) is 4. The molecule has 0 aliphatic carbocycles. The molecular formula is C26H21ClFN3O3. The standard InChI is InChI=1S/C26H21ClFN3O3/c27-21-9-2-1-7-19(21)24(32)30-13-11-29(12-14-30)22-10-4-8-20-23(22)26(34)31(25(20)33)16-17-5-3-6-18(28)15-17/h1-10,15H,11-14,16H2. The Bertz CT molecular complexity index is 1300. The molecule has 1 fully saturated rings. The second-order valence-corrected chi connectivity index (χ2v) is 8.69. The van der Waals surface area contributed by atoms with Crippen LogP contribution in [0.4, 0.5) is 10.1 Å². The number of fused-ring (bicyclic) bond motifs is 1. The molecule has 8 heteroatoms. The van der Waals surface area contributed by atoms with Crippen molar-refractivity contribution in [3.05, 3.63) is 99.8 Å². The van der Waals surface area contributed by atoms with Crippen molar-refractivity contribution in [3.8, 4) is 0 Å². The van der Waals surface area contributed by atoms with Crippen LogP contribution in [0.1, 0.15) is 36.6 Å². The molecule has 2 aliphatic heterocycles. The van der Waals surface area contributed by atoms with E-state index in [4.69, 9.17) is 11.6 Å². The maximum atomic E-state index is 13.6. The summed E-state index contributed by atoms with van der Waals surface area (Å²) >= 11 is 6.18. The Hall–Kier alpha value is -3.71. The highest BCUT2D eigenvalue weighted by Crippen LogP contribution is 2.33.